The Hall–Kier alpha value is -3.24. The Labute approximate surface area is 194 Å². The van der Waals surface area contributed by atoms with Gasteiger partial charge in [-0.2, -0.15) is 4.98 Å². The van der Waals surface area contributed by atoms with Crippen molar-refractivity contribution in [2.24, 2.45) is 5.73 Å². The number of hydrogen-bond donors (Lipinski definition) is 2. The van der Waals surface area contributed by atoms with Crippen LogP contribution in [0.25, 0.3) is 11.4 Å². The summed E-state index contributed by atoms with van der Waals surface area (Å²) in [5.41, 5.74) is 6.44. The molecule has 0 aliphatic carbocycles. The lowest BCUT2D eigenvalue weighted by Crippen LogP contribution is -2.39. The number of carbonyl (C=O) groups excluding carboxylic acids is 2. The fourth-order valence-electron chi connectivity index (χ4n) is 3.78. The monoisotopic (exact) mass is 469 g/mol. The number of carbonyl (C=O) groups is 2. The summed E-state index contributed by atoms with van der Waals surface area (Å²) in [5, 5.41) is 6.92. The fourth-order valence-corrected chi connectivity index (χ4v) is 4.53. The standard InChI is InChI=1S/C23H24FN5O3S/c24-17-7-3-5-15(11-17)22-27-23(32-28-22)16-6-4-10-29(12-16)13-21(31)26-18-8-1-2-9-19(18)33-14-20(25)30/h1-3,5,7-9,11,16H,4,6,10,12-14H2,(H2,25,30)(H,26,31). The van der Waals surface area contributed by atoms with Gasteiger partial charge in [0.1, 0.15) is 5.82 Å². The van der Waals surface area contributed by atoms with Crippen LogP contribution in [0.15, 0.2) is 57.9 Å². The zero-order chi connectivity index (χ0) is 23.2. The first kappa shape index (κ1) is 22.9. The number of para-hydroxylation sites is 1. The maximum Gasteiger partial charge on any atom is 0.238 e. The number of likely N-dealkylation sites (tertiary alicyclic amines) is 1. The Morgan fingerprint density at radius 2 is 2.09 bits per heavy atom. The van der Waals surface area contributed by atoms with E-state index in [9.17, 15) is 14.0 Å². The molecule has 1 unspecified atom stereocenters. The lowest BCUT2D eigenvalue weighted by Gasteiger charge is -2.30. The topological polar surface area (TPSA) is 114 Å². The number of nitrogens with one attached hydrogen (secondary N) is 1. The van der Waals surface area contributed by atoms with E-state index in [4.69, 9.17) is 10.3 Å². The molecule has 3 aromatic rings. The van der Waals surface area contributed by atoms with Crippen LogP contribution in [0.1, 0.15) is 24.7 Å². The number of piperidine rings is 1. The number of aromatic nitrogens is 2. The van der Waals surface area contributed by atoms with Gasteiger partial charge in [-0.1, -0.05) is 29.4 Å². The number of amides is 2. The summed E-state index contributed by atoms with van der Waals surface area (Å²) < 4.78 is 19.0. The van der Waals surface area contributed by atoms with Crippen LogP contribution < -0.4 is 11.1 Å². The molecule has 0 spiro atoms. The average molecular weight is 470 g/mol. The minimum Gasteiger partial charge on any atom is -0.369 e. The highest BCUT2D eigenvalue weighted by Crippen LogP contribution is 2.29. The third-order valence-corrected chi connectivity index (χ3v) is 6.37. The van der Waals surface area contributed by atoms with Gasteiger partial charge >= 0.3 is 0 Å². The van der Waals surface area contributed by atoms with Gasteiger partial charge in [-0.15, -0.1) is 11.8 Å². The van der Waals surface area contributed by atoms with Crippen LogP contribution in [0.2, 0.25) is 0 Å². The quantitative estimate of drug-likeness (QED) is 0.487. The van der Waals surface area contributed by atoms with E-state index in [-0.39, 0.29) is 29.9 Å². The maximum absolute atomic E-state index is 13.5. The molecule has 4 rings (SSSR count). The first-order chi connectivity index (χ1) is 16.0. The van der Waals surface area contributed by atoms with E-state index in [1.807, 2.05) is 18.2 Å². The van der Waals surface area contributed by atoms with Crippen LogP contribution in [0, 0.1) is 5.82 Å². The smallest absolute Gasteiger partial charge is 0.238 e. The first-order valence-corrected chi connectivity index (χ1v) is 11.6. The van der Waals surface area contributed by atoms with Gasteiger partial charge in [0.25, 0.3) is 0 Å². The molecule has 0 saturated carbocycles. The molecule has 172 valence electrons. The van der Waals surface area contributed by atoms with E-state index in [2.05, 4.69) is 20.4 Å². The normalized spacial score (nSPS) is 16.5. The van der Waals surface area contributed by atoms with Crippen LogP contribution in [-0.2, 0) is 9.59 Å². The number of hydrogen-bond acceptors (Lipinski definition) is 7. The Morgan fingerprint density at radius 1 is 1.24 bits per heavy atom. The van der Waals surface area contributed by atoms with Crippen molar-refractivity contribution in [2.45, 2.75) is 23.7 Å². The minimum absolute atomic E-state index is 0.000215. The summed E-state index contributed by atoms with van der Waals surface area (Å²) in [6.07, 6.45) is 1.76. The number of thioether (sulfide) groups is 1. The molecule has 0 radical (unpaired) electrons. The molecule has 1 saturated heterocycles. The van der Waals surface area contributed by atoms with Crippen molar-refractivity contribution in [1.29, 1.82) is 0 Å². The average Bonchev–Trinajstić information content (AvgIpc) is 3.29. The Bertz CT molecular complexity index is 1140. The van der Waals surface area contributed by atoms with Gasteiger partial charge in [0.05, 0.1) is 23.9 Å². The van der Waals surface area contributed by atoms with Crippen molar-refractivity contribution >= 4 is 29.3 Å². The molecule has 1 aromatic heterocycles. The van der Waals surface area contributed by atoms with Gasteiger partial charge in [0.2, 0.25) is 23.5 Å². The minimum atomic E-state index is -0.415. The number of anilines is 1. The molecule has 1 aliphatic heterocycles. The van der Waals surface area contributed by atoms with E-state index in [1.165, 1.54) is 23.9 Å². The van der Waals surface area contributed by atoms with Crippen molar-refractivity contribution in [3.05, 3.63) is 60.2 Å². The fraction of sp³-hybridized carbons (Fsp3) is 0.304. The van der Waals surface area contributed by atoms with E-state index >= 15 is 0 Å². The van der Waals surface area contributed by atoms with Crippen molar-refractivity contribution in [3.8, 4) is 11.4 Å². The summed E-state index contributed by atoms with van der Waals surface area (Å²) in [7, 11) is 0. The number of nitrogens with zero attached hydrogens (tertiary/aromatic N) is 3. The predicted molar refractivity (Wildman–Crippen MR) is 123 cm³/mol. The summed E-state index contributed by atoms with van der Waals surface area (Å²) in [5.74, 6) is 0.0681. The van der Waals surface area contributed by atoms with Crippen LogP contribution >= 0.6 is 11.8 Å². The SMILES string of the molecule is NC(=O)CSc1ccccc1NC(=O)CN1CCCC(c2nc(-c3cccc(F)c3)no2)C1. The zero-order valence-electron chi connectivity index (χ0n) is 17.9. The van der Waals surface area contributed by atoms with E-state index < -0.39 is 5.91 Å². The summed E-state index contributed by atoms with van der Waals surface area (Å²) in [6, 6.07) is 13.4. The number of benzene rings is 2. The summed E-state index contributed by atoms with van der Waals surface area (Å²) in [6.45, 7) is 1.61. The van der Waals surface area contributed by atoms with Gasteiger partial charge < -0.3 is 15.6 Å². The number of halogens is 1. The second-order valence-corrected chi connectivity index (χ2v) is 8.86. The van der Waals surface area contributed by atoms with Gasteiger partial charge in [0.15, 0.2) is 0 Å². The second-order valence-electron chi connectivity index (χ2n) is 7.84. The molecule has 1 aliphatic rings. The maximum atomic E-state index is 13.5. The second kappa shape index (κ2) is 10.6. The molecule has 0 bridgehead atoms. The molecule has 10 heteroatoms. The van der Waals surface area contributed by atoms with Gasteiger partial charge in [-0.25, -0.2) is 4.39 Å². The van der Waals surface area contributed by atoms with Crippen molar-refractivity contribution in [2.75, 3.05) is 30.7 Å². The summed E-state index contributed by atoms with van der Waals surface area (Å²) >= 11 is 1.29. The van der Waals surface area contributed by atoms with Crippen molar-refractivity contribution < 1.29 is 18.5 Å². The van der Waals surface area contributed by atoms with Crippen LogP contribution in [0.4, 0.5) is 10.1 Å². The van der Waals surface area contributed by atoms with Crippen LogP contribution in [0.3, 0.4) is 0 Å². The largest absolute Gasteiger partial charge is 0.369 e. The Balaban J connectivity index is 1.36. The number of primary amides is 1. The first-order valence-electron chi connectivity index (χ1n) is 10.6. The van der Waals surface area contributed by atoms with Gasteiger partial charge in [-0.3, -0.25) is 14.5 Å². The third-order valence-electron chi connectivity index (χ3n) is 5.28. The highest BCUT2D eigenvalue weighted by molar-refractivity contribution is 8.00. The molecule has 2 amide bonds. The van der Waals surface area contributed by atoms with Crippen molar-refractivity contribution in [1.82, 2.24) is 15.0 Å². The van der Waals surface area contributed by atoms with E-state index in [1.54, 1.807) is 18.2 Å². The Morgan fingerprint density at radius 3 is 2.91 bits per heavy atom. The molecular formula is C23H24FN5O3S. The van der Waals surface area contributed by atoms with Gasteiger partial charge in [0, 0.05) is 17.0 Å². The van der Waals surface area contributed by atoms with Crippen molar-refractivity contribution in [3.63, 3.8) is 0 Å². The highest BCUT2D eigenvalue weighted by Gasteiger charge is 2.27. The Kier molecular flexibility index (Phi) is 7.36. The number of rotatable bonds is 8. The van der Waals surface area contributed by atoms with Crippen LogP contribution in [-0.4, -0.2) is 52.2 Å². The molecule has 1 atom stereocenters. The van der Waals surface area contributed by atoms with Crippen LogP contribution in [0.5, 0.6) is 0 Å². The molecule has 3 N–H and O–H groups in total. The number of nitrogens with two attached hydrogens (primary N) is 1. The molecule has 1 fully saturated rings. The molecule has 2 heterocycles. The van der Waals surface area contributed by atoms with E-state index in [0.717, 1.165) is 24.3 Å². The third kappa shape index (κ3) is 6.17. The lowest BCUT2D eigenvalue weighted by atomic mass is 9.98. The molecule has 8 nitrogen and oxygen atoms in total. The zero-order valence-corrected chi connectivity index (χ0v) is 18.7. The lowest BCUT2D eigenvalue weighted by molar-refractivity contribution is -0.117. The predicted octanol–water partition coefficient (Wildman–Crippen LogP) is 3.27. The van der Waals surface area contributed by atoms with Gasteiger partial charge in [-0.05, 0) is 43.7 Å². The molecule has 33 heavy (non-hydrogen) atoms. The summed E-state index contributed by atoms with van der Waals surface area (Å²) in [4.78, 5) is 31.1. The molecule has 2 aromatic carbocycles. The van der Waals surface area contributed by atoms with E-state index in [0.29, 0.717) is 29.5 Å². The highest BCUT2D eigenvalue weighted by atomic mass is 32.2. The molecular weight excluding hydrogens is 445 g/mol.